The molecule has 4 heteroatoms. The predicted octanol–water partition coefficient (Wildman–Crippen LogP) is 1.87. The Balaban J connectivity index is 1.88. The van der Waals surface area contributed by atoms with Crippen molar-refractivity contribution in [3.05, 3.63) is 23.7 Å². The van der Waals surface area contributed by atoms with Crippen molar-refractivity contribution in [2.24, 2.45) is 0 Å². The lowest BCUT2D eigenvalue weighted by molar-refractivity contribution is -0.135. The zero-order valence-corrected chi connectivity index (χ0v) is 10.8. The van der Waals surface area contributed by atoms with Crippen LogP contribution in [-0.2, 0) is 11.2 Å². The lowest BCUT2D eigenvalue weighted by Crippen LogP contribution is -2.44. The van der Waals surface area contributed by atoms with Gasteiger partial charge in [0.15, 0.2) is 0 Å². The van der Waals surface area contributed by atoms with E-state index in [1.165, 1.54) is 18.4 Å². The summed E-state index contributed by atoms with van der Waals surface area (Å²) < 4.78 is 5.51. The second kappa shape index (κ2) is 4.76. The summed E-state index contributed by atoms with van der Waals surface area (Å²) in [5.74, 6) is 0.987. The van der Waals surface area contributed by atoms with Gasteiger partial charge in [-0.05, 0) is 37.9 Å². The number of carbonyl (C=O) groups is 1. The number of furan rings is 1. The van der Waals surface area contributed by atoms with E-state index in [4.69, 9.17) is 4.42 Å². The molecule has 1 aliphatic heterocycles. The third-order valence-electron chi connectivity index (χ3n) is 4.25. The highest BCUT2D eigenvalue weighted by atomic mass is 16.3. The molecule has 0 bridgehead atoms. The van der Waals surface area contributed by atoms with Crippen molar-refractivity contribution in [2.45, 2.75) is 44.2 Å². The van der Waals surface area contributed by atoms with Gasteiger partial charge < -0.3 is 14.6 Å². The number of rotatable bonds is 2. The van der Waals surface area contributed by atoms with Gasteiger partial charge in [0.2, 0.25) is 5.91 Å². The Bertz CT molecular complexity index is 435. The molecule has 1 aromatic rings. The first-order valence-electron chi connectivity index (χ1n) is 6.85. The van der Waals surface area contributed by atoms with E-state index in [1.807, 2.05) is 13.1 Å². The molecule has 1 amide bonds. The molecule has 0 spiro atoms. The quantitative estimate of drug-likeness (QED) is 0.869. The normalized spacial score (nSPS) is 25.3. The zero-order valence-electron chi connectivity index (χ0n) is 10.8. The van der Waals surface area contributed by atoms with E-state index in [2.05, 4.69) is 10.2 Å². The van der Waals surface area contributed by atoms with E-state index in [9.17, 15) is 4.79 Å². The number of fused-ring (bicyclic) bond motifs is 1. The third kappa shape index (κ3) is 1.85. The van der Waals surface area contributed by atoms with Gasteiger partial charge in [0.1, 0.15) is 11.8 Å². The molecule has 1 aromatic heterocycles. The molecule has 2 aliphatic rings. The highest BCUT2D eigenvalue weighted by Crippen LogP contribution is 2.31. The maximum Gasteiger partial charge on any atom is 0.247 e. The van der Waals surface area contributed by atoms with Gasteiger partial charge in [0.25, 0.3) is 0 Å². The van der Waals surface area contributed by atoms with Crippen LogP contribution in [0.5, 0.6) is 0 Å². The van der Waals surface area contributed by atoms with Crippen molar-refractivity contribution in [1.82, 2.24) is 10.2 Å². The van der Waals surface area contributed by atoms with Crippen molar-refractivity contribution in [3.63, 3.8) is 0 Å². The van der Waals surface area contributed by atoms with Crippen LogP contribution in [-0.4, -0.2) is 30.4 Å². The molecular formula is C14H20N2O2. The summed E-state index contributed by atoms with van der Waals surface area (Å²) in [6.07, 6.45) is 7.41. The maximum atomic E-state index is 12.6. The summed E-state index contributed by atoms with van der Waals surface area (Å²) in [6.45, 7) is 0.828. The fourth-order valence-corrected chi connectivity index (χ4v) is 3.27. The minimum Gasteiger partial charge on any atom is -0.467 e. The second-order valence-electron chi connectivity index (χ2n) is 5.25. The van der Waals surface area contributed by atoms with Crippen LogP contribution in [0.4, 0.5) is 0 Å². The molecule has 0 radical (unpaired) electrons. The molecule has 1 aliphatic carbocycles. The topological polar surface area (TPSA) is 45.5 Å². The number of hydrogen-bond acceptors (Lipinski definition) is 3. The van der Waals surface area contributed by atoms with E-state index < -0.39 is 0 Å². The SMILES string of the molecule is CNC1C(=O)N(C2CCCC2)CCc2ccoc21. The van der Waals surface area contributed by atoms with E-state index in [-0.39, 0.29) is 11.9 Å². The highest BCUT2D eigenvalue weighted by molar-refractivity contribution is 5.84. The van der Waals surface area contributed by atoms with Crippen LogP contribution in [0.2, 0.25) is 0 Å². The zero-order chi connectivity index (χ0) is 12.5. The van der Waals surface area contributed by atoms with Crippen LogP contribution in [0.25, 0.3) is 0 Å². The Morgan fingerprint density at radius 2 is 2.17 bits per heavy atom. The smallest absolute Gasteiger partial charge is 0.247 e. The predicted molar refractivity (Wildman–Crippen MR) is 68.2 cm³/mol. The number of nitrogens with zero attached hydrogens (tertiary/aromatic N) is 1. The Morgan fingerprint density at radius 1 is 1.39 bits per heavy atom. The fraction of sp³-hybridized carbons (Fsp3) is 0.643. The van der Waals surface area contributed by atoms with Gasteiger partial charge in [0.05, 0.1) is 6.26 Å². The summed E-state index contributed by atoms with van der Waals surface area (Å²) in [5.41, 5.74) is 1.17. The third-order valence-corrected chi connectivity index (χ3v) is 4.25. The first-order valence-corrected chi connectivity index (χ1v) is 6.85. The van der Waals surface area contributed by atoms with Crippen molar-refractivity contribution < 1.29 is 9.21 Å². The number of carbonyl (C=O) groups excluding carboxylic acids is 1. The number of nitrogens with one attached hydrogen (secondary N) is 1. The number of likely N-dealkylation sites (N-methyl/N-ethyl adjacent to an activating group) is 1. The van der Waals surface area contributed by atoms with Crippen LogP contribution in [0.1, 0.15) is 43.0 Å². The molecule has 0 aromatic carbocycles. The molecule has 1 unspecified atom stereocenters. The molecular weight excluding hydrogens is 228 g/mol. The van der Waals surface area contributed by atoms with Crippen LogP contribution in [0.3, 0.4) is 0 Å². The first kappa shape index (κ1) is 11.8. The van der Waals surface area contributed by atoms with E-state index >= 15 is 0 Å². The van der Waals surface area contributed by atoms with Gasteiger partial charge in [0, 0.05) is 12.6 Å². The summed E-state index contributed by atoms with van der Waals surface area (Å²) in [6, 6.07) is 2.13. The highest BCUT2D eigenvalue weighted by Gasteiger charge is 2.36. The minimum atomic E-state index is -0.307. The lowest BCUT2D eigenvalue weighted by atomic mass is 10.1. The van der Waals surface area contributed by atoms with E-state index in [0.29, 0.717) is 6.04 Å². The molecule has 18 heavy (non-hydrogen) atoms. The molecule has 3 rings (SSSR count). The molecule has 0 saturated heterocycles. The van der Waals surface area contributed by atoms with Crippen molar-refractivity contribution in [1.29, 1.82) is 0 Å². The molecule has 1 saturated carbocycles. The Kier molecular flexibility index (Phi) is 3.12. The van der Waals surface area contributed by atoms with Crippen molar-refractivity contribution >= 4 is 5.91 Å². The monoisotopic (exact) mass is 248 g/mol. The van der Waals surface area contributed by atoms with Crippen molar-refractivity contribution in [2.75, 3.05) is 13.6 Å². The van der Waals surface area contributed by atoms with Crippen LogP contribution >= 0.6 is 0 Å². The second-order valence-corrected chi connectivity index (χ2v) is 5.25. The average Bonchev–Trinajstić information content (AvgIpc) is 3.01. The largest absolute Gasteiger partial charge is 0.467 e. The first-order chi connectivity index (χ1) is 8.81. The van der Waals surface area contributed by atoms with E-state index in [0.717, 1.165) is 31.6 Å². The van der Waals surface area contributed by atoms with Gasteiger partial charge in [-0.3, -0.25) is 4.79 Å². The number of hydrogen-bond donors (Lipinski definition) is 1. The lowest BCUT2D eigenvalue weighted by Gasteiger charge is -2.29. The van der Waals surface area contributed by atoms with Crippen LogP contribution < -0.4 is 5.32 Å². The number of amides is 1. The summed E-state index contributed by atoms with van der Waals surface area (Å²) in [4.78, 5) is 14.7. The summed E-state index contributed by atoms with van der Waals surface area (Å²) in [5, 5.41) is 3.10. The maximum absolute atomic E-state index is 12.6. The van der Waals surface area contributed by atoms with Crippen LogP contribution in [0.15, 0.2) is 16.7 Å². The van der Waals surface area contributed by atoms with Gasteiger partial charge in [-0.2, -0.15) is 0 Å². The average molecular weight is 248 g/mol. The van der Waals surface area contributed by atoms with Gasteiger partial charge in [-0.25, -0.2) is 0 Å². The molecule has 4 nitrogen and oxygen atoms in total. The summed E-state index contributed by atoms with van der Waals surface area (Å²) >= 11 is 0. The molecule has 1 atom stereocenters. The van der Waals surface area contributed by atoms with Gasteiger partial charge >= 0.3 is 0 Å². The summed E-state index contributed by atoms with van der Waals surface area (Å²) in [7, 11) is 1.83. The Labute approximate surface area is 107 Å². The van der Waals surface area contributed by atoms with Gasteiger partial charge in [-0.1, -0.05) is 12.8 Å². The van der Waals surface area contributed by atoms with Gasteiger partial charge in [-0.15, -0.1) is 0 Å². The Hall–Kier alpha value is -1.29. The molecule has 98 valence electrons. The molecule has 2 heterocycles. The van der Waals surface area contributed by atoms with Crippen LogP contribution in [0, 0.1) is 0 Å². The molecule has 1 fully saturated rings. The fourth-order valence-electron chi connectivity index (χ4n) is 3.27. The Morgan fingerprint density at radius 3 is 2.89 bits per heavy atom. The van der Waals surface area contributed by atoms with E-state index in [1.54, 1.807) is 6.26 Å². The standard InChI is InChI=1S/C14H20N2O2/c1-15-12-13-10(7-9-18-13)6-8-16(14(12)17)11-4-2-3-5-11/h7,9,11-12,15H,2-6,8H2,1H3. The minimum absolute atomic E-state index is 0.179. The molecule has 1 N–H and O–H groups in total. The van der Waals surface area contributed by atoms with Crippen molar-refractivity contribution in [3.8, 4) is 0 Å².